The van der Waals surface area contributed by atoms with Crippen LogP contribution in [0.5, 0.6) is 0 Å². The van der Waals surface area contributed by atoms with Crippen molar-refractivity contribution in [3.63, 3.8) is 0 Å². The highest BCUT2D eigenvalue weighted by molar-refractivity contribution is 7.91. The van der Waals surface area contributed by atoms with E-state index in [4.69, 9.17) is 0 Å². The summed E-state index contributed by atoms with van der Waals surface area (Å²) in [6.07, 6.45) is 2.60. The van der Waals surface area contributed by atoms with Crippen molar-refractivity contribution in [2.75, 3.05) is 32.1 Å². The highest BCUT2D eigenvalue weighted by Gasteiger charge is 2.33. The molecule has 1 aliphatic carbocycles. The van der Waals surface area contributed by atoms with E-state index in [1.54, 1.807) is 0 Å². The summed E-state index contributed by atoms with van der Waals surface area (Å²) in [5, 5.41) is 0. The van der Waals surface area contributed by atoms with Crippen LogP contribution in [0.4, 0.5) is 0 Å². The minimum Gasteiger partial charge on any atom is -0.338 e. The number of sulfone groups is 1. The molecular formula is C17H24N2O3S. The third kappa shape index (κ3) is 3.43. The largest absolute Gasteiger partial charge is 0.338 e. The van der Waals surface area contributed by atoms with Gasteiger partial charge >= 0.3 is 0 Å². The Morgan fingerprint density at radius 1 is 1.22 bits per heavy atom. The molecule has 1 fully saturated rings. The number of nitrogens with zero attached hydrogens (tertiary/aromatic N) is 2. The third-order valence-electron chi connectivity index (χ3n) is 5.18. The Morgan fingerprint density at radius 2 is 1.96 bits per heavy atom. The van der Waals surface area contributed by atoms with Crippen LogP contribution in [-0.2, 0) is 21.1 Å². The minimum absolute atomic E-state index is 0.0341. The predicted molar refractivity (Wildman–Crippen MR) is 90.0 cm³/mol. The standard InChI is InChI=1S/C17H24N2O3S/c1-18(14-9-10-23(21,22)12-14)11-17(20)19(2)16-8-7-13-5-3-4-6-15(13)16/h3-6,14,16H,7-12H2,1-2H3/t14-,16+/m1/s1. The number of carbonyl (C=O) groups excluding carboxylic acids is 1. The van der Waals surface area contributed by atoms with Crippen LogP contribution in [0.25, 0.3) is 0 Å². The topological polar surface area (TPSA) is 57.7 Å². The normalized spacial score (nSPS) is 25.5. The van der Waals surface area contributed by atoms with Crippen LogP contribution in [-0.4, -0.2) is 62.3 Å². The van der Waals surface area contributed by atoms with Gasteiger partial charge in [-0.3, -0.25) is 9.69 Å². The lowest BCUT2D eigenvalue weighted by atomic mass is 10.1. The molecule has 0 unspecified atom stereocenters. The maximum absolute atomic E-state index is 12.6. The van der Waals surface area contributed by atoms with E-state index in [9.17, 15) is 13.2 Å². The van der Waals surface area contributed by atoms with Gasteiger partial charge in [0.05, 0.1) is 24.1 Å². The van der Waals surface area contributed by atoms with Gasteiger partial charge in [-0.2, -0.15) is 0 Å². The number of amides is 1. The van der Waals surface area contributed by atoms with E-state index in [-0.39, 0.29) is 36.0 Å². The van der Waals surface area contributed by atoms with Crippen LogP contribution in [0.15, 0.2) is 24.3 Å². The maximum atomic E-state index is 12.6. The second-order valence-corrected chi connectivity index (χ2v) is 8.96. The van der Waals surface area contributed by atoms with Gasteiger partial charge in [0.25, 0.3) is 0 Å². The number of carbonyl (C=O) groups is 1. The Bertz CT molecular complexity index is 702. The lowest BCUT2D eigenvalue weighted by Gasteiger charge is -2.29. The van der Waals surface area contributed by atoms with Crippen molar-refractivity contribution in [2.24, 2.45) is 0 Å². The van der Waals surface area contributed by atoms with Gasteiger partial charge in [-0.15, -0.1) is 0 Å². The van der Waals surface area contributed by atoms with Crippen LogP contribution in [0, 0.1) is 0 Å². The summed E-state index contributed by atoms with van der Waals surface area (Å²) < 4.78 is 23.2. The van der Waals surface area contributed by atoms with Gasteiger partial charge in [0.1, 0.15) is 0 Å². The number of benzene rings is 1. The van der Waals surface area contributed by atoms with E-state index < -0.39 is 9.84 Å². The highest BCUT2D eigenvalue weighted by Crippen LogP contribution is 2.34. The molecule has 1 aromatic rings. The fourth-order valence-corrected chi connectivity index (χ4v) is 5.49. The fraction of sp³-hybridized carbons (Fsp3) is 0.588. The van der Waals surface area contributed by atoms with Crippen LogP contribution < -0.4 is 0 Å². The van der Waals surface area contributed by atoms with Crippen molar-refractivity contribution < 1.29 is 13.2 Å². The zero-order chi connectivity index (χ0) is 16.6. The summed E-state index contributed by atoms with van der Waals surface area (Å²) in [6.45, 7) is 0.273. The van der Waals surface area contributed by atoms with Gasteiger partial charge in [-0.25, -0.2) is 8.42 Å². The molecule has 1 saturated heterocycles. The summed E-state index contributed by atoms with van der Waals surface area (Å²) in [4.78, 5) is 16.3. The molecule has 0 radical (unpaired) electrons. The highest BCUT2D eigenvalue weighted by atomic mass is 32.2. The molecule has 0 spiro atoms. The monoisotopic (exact) mass is 336 g/mol. The molecule has 0 bridgehead atoms. The summed E-state index contributed by atoms with van der Waals surface area (Å²) in [5.74, 6) is 0.466. The molecule has 0 aromatic heterocycles. The molecule has 23 heavy (non-hydrogen) atoms. The van der Waals surface area contributed by atoms with Gasteiger partial charge in [-0.1, -0.05) is 24.3 Å². The summed E-state index contributed by atoms with van der Waals surface area (Å²) in [7, 11) is 0.784. The molecule has 2 aliphatic rings. The number of aryl methyl sites for hydroxylation is 1. The van der Waals surface area contributed by atoms with Crippen molar-refractivity contribution in [3.8, 4) is 0 Å². The minimum atomic E-state index is -2.92. The first kappa shape index (κ1) is 16.5. The molecule has 0 N–H and O–H groups in total. The molecule has 1 aliphatic heterocycles. The fourth-order valence-electron chi connectivity index (χ4n) is 3.69. The van der Waals surface area contributed by atoms with E-state index >= 15 is 0 Å². The number of hydrogen-bond acceptors (Lipinski definition) is 4. The first-order valence-electron chi connectivity index (χ1n) is 8.11. The van der Waals surface area contributed by atoms with Gasteiger partial charge < -0.3 is 4.90 Å². The lowest BCUT2D eigenvalue weighted by molar-refractivity contribution is -0.133. The SMILES string of the molecule is CN(CC(=O)N(C)[C@H]1CCc2ccccc21)[C@@H]1CCS(=O)(=O)C1. The van der Waals surface area contributed by atoms with Crippen LogP contribution in [0.3, 0.4) is 0 Å². The predicted octanol–water partition coefficient (Wildman–Crippen LogP) is 1.25. The van der Waals surface area contributed by atoms with Gasteiger partial charge in [-0.05, 0) is 37.4 Å². The number of rotatable bonds is 4. The summed E-state index contributed by atoms with van der Waals surface area (Å²) in [6, 6.07) is 8.39. The Hall–Kier alpha value is -1.40. The molecule has 2 atom stereocenters. The summed E-state index contributed by atoms with van der Waals surface area (Å²) >= 11 is 0. The average Bonchev–Trinajstić information content (AvgIpc) is 3.09. The van der Waals surface area contributed by atoms with E-state index in [1.165, 1.54) is 11.1 Å². The van der Waals surface area contributed by atoms with Crippen molar-refractivity contribution in [3.05, 3.63) is 35.4 Å². The number of likely N-dealkylation sites (N-methyl/N-ethyl adjacent to an activating group) is 2. The Kier molecular flexibility index (Phi) is 4.47. The summed E-state index contributed by atoms with van der Waals surface area (Å²) in [5.41, 5.74) is 2.57. The zero-order valence-electron chi connectivity index (χ0n) is 13.7. The third-order valence-corrected chi connectivity index (χ3v) is 6.93. The number of fused-ring (bicyclic) bond motifs is 1. The molecule has 3 rings (SSSR count). The van der Waals surface area contributed by atoms with Gasteiger partial charge in [0.2, 0.25) is 5.91 Å². The lowest BCUT2D eigenvalue weighted by Crippen LogP contribution is -2.42. The van der Waals surface area contributed by atoms with Crippen molar-refractivity contribution in [1.82, 2.24) is 9.80 Å². The first-order valence-corrected chi connectivity index (χ1v) is 9.93. The molecule has 0 saturated carbocycles. The second kappa shape index (κ2) is 6.24. The van der Waals surface area contributed by atoms with Crippen molar-refractivity contribution >= 4 is 15.7 Å². The van der Waals surface area contributed by atoms with E-state index in [1.807, 2.05) is 36.0 Å². The Morgan fingerprint density at radius 3 is 2.65 bits per heavy atom. The molecule has 1 heterocycles. The van der Waals surface area contributed by atoms with Crippen molar-refractivity contribution in [1.29, 1.82) is 0 Å². The van der Waals surface area contributed by atoms with Gasteiger partial charge in [0.15, 0.2) is 9.84 Å². The van der Waals surface area contributed by atoms with E-state index in [0.29, 0.717) is 6.42 Å². The molecule has 126 valence electrons. The second-order valence-electron chi connectivity index (χ2n) is 6.73. The van der Waals surface area contributed by atoms with E-state index in [2.05, 4.69) is 12.1 Å². The van der Waals surface area contributed by atoms with E-state index in [0.717, 1.165) is 12.8 Å². The molecule has 5 nitrogen and oxygen atoms in total. The van der Waals surface area contributed by atoms with Crippen LogP contribution >= 0.6 is 0 Å². The van der Waals surface area contributed by atoms with Crippen molar-refractivity contribution in [2.45, 2.75) is 31.3 Å². The first-order chi connectivity index (χ1) is 10.9. The molecule has 6 heteroatoms. The quantitative estimate of drug-likeness (QED) is 0.830. The van der Waals surface area contributed by atoms with Crippen LogP contribution in [0.2, 0.25) is 0 Å². The van der Waals surface area contributed by atoms with Crippen LogP contribution in [0.1, 0.15) is 30.0 Å². The average molecular weight is 336 g/mol. The Balaban J connectivity index is 1.63. The number of hydrogen-bond donors (Lipinski definition) is 0. The molecular weight excluding hydrogens is 312 g/mol. The van der Waals surface area contributed by atoms with Gasteiger partial charge in [0, 0.05) is 13.1 Å². The Labute approximate surface area is 138 Å². The molecule has 1 amide bonds. The zero-order valence-corrected chi connectivity index (χ0v) is 14.6. The smallest absolute Gasteiger partial charge is 0.237 e. The maximum Gasteiger partial charge on any atom is 0.237 e. The molecule has 1 aromatic carbocycles.